The number of alkyl halides is 1. The van der Waals surface area contributed by atoms with Crippen molar-refractivity contribution in [3.8, 4) is 0 Å². The van der Waals surface area contributed by atoms with Gasteiger partial charge in [-0.1, -0.05) is 42.6 Å². The number of hydrogen-bond donors (Lipinski definition) is 0. The van der Waals surface area contributed by atoms with Crippen molar-refractivity contribution in [3.63, 3.8) is 0 Å². The van der Waals surface area contributed by atoms with Crippen molar-refractivity contribution < 1.29 is 0 Å². The minimum Gasteiger partial charge on any atom is -0.306 e. The maximum Gasteiger partial charge on any atom is 0.0100 e. The normalized spacial score (nSPS) is 21.5. The average molecular weight is 333 g/mol. The molecule has 0 aromatic carbocycles. The van der Waals surface area contributed by atoms with Crippen LogP contribution in [0.2, 0.25) is 0 Å². The van der Waals surface area contributed by atoms with Crippen LogP contribution in [0.25, 0.3) is 0 Å². The molecule has 0 N–H and O–H groups in total. The van der Waals surface area contributed by atoms with Gasteiger partial charge in [0.25, 0.3) is 0 Å². The average Bonchev–Trinajstić information content (AvgIpc) is 2.75. The Morgan fingerprint density at radius 1 is 1.26 bits per heavy atom. The lowest BCUT2D eigenvalue weighted by atomic mass is 9.80. The molecule has 19 heavy (non-hydrogen) atoms. The molecule has 0 spiro atoms. The fourth-order valence-corrected chi connectivity index (χ4v) is 4.51. The summed E-state index contributed by atoms with van der Waals surface area (Å²) in [7, 11) is 4.57. The summed E-state index contributed by atoms with van der Waals surface area (Å²) in [6, 6.07) is 0. The lowest BCUT2D eigenvalue weighted by Gasteiger charge is -2.36. The van der Waals surface area contributed by atoms with E-state index in [1.54, 1.807) is 0 Å². The zero-order chi connectivity index (χ0) is 14.3. The molecule has 1 fully saturated rings. The Labute approximate surface area is 129 Å². The Morgan fingerprint density at radius 3 is 2.32 bits per heavy atom. The van der Waals surface area contributed by atoms with E-state index in [1.165, 1.54) is 58.3 Å². The second-order valence-corrected chi connectivity index (χ2v) is 7.31. The lowest BCUT2D eigenvalue weighted by Crippen LogP contribution is -2.39. The molecule has 0 amide bonds. The molecule has 0 aliphatic carbocycles. The lowest BCUT2D eigenvalue weighted by molar-refractivity contribution is 0.155. The molecule has 1 aliphatic rings. The Balaban J connectivity index is 2.47. The van der Waals surface area contributed by atoms with Gasteiger partial charge in [-0.25, -0.2) is 0 Å². The Morgan fingerprint density at radius 2 is 1.89 bits per heavy atom. The highest BCUT2D eigenvalue weighted by atomic mass is 79.9. The predicted molar refractivity (Wildman–Crippen MR) is 89.1 cm³/mol. The van der Waals surface area contributed by atoms with Gasteiger partial charge >= 0.3 is 0 Å². The van der Waals surface area contributed by atoms with Crippen LogP contribution in [0, 0.1) is 11.3 Å². The quantitative estimate of drug-likeness (QED) is 0.591. The number of rotatable bonds is 9. The number of likely N-dealkylation sites (tertiary alicyclic amines) is 1. The summed E-state index contributed by atoms with van der Waals surface area (Å²) in [4.78, 5) is 5.06. The van der Waals surface area contributed by atoms with Crippen LogP contribution in [0.3, 0.4) is 0 Å². The standard InChI is InChI=1S/C16H33BrN2/c1-5-8-16(13-17,9-6-2)14-19(4)12-15-7-10-18(3)11-15/h15H,5-14H2,1-4H3. The van der Waals surface area contributed by atoms with Gasteiger partial charge in [0.2, 0.25) is 0 Å². The van der Waals surface area contributed by atoms with Gasteiger partial charge in [0.05, 0.1) is 0 Å². The topological polar surface area (TPSA) is 6.48 Å². The molecule has 0 aromatic rings. The first-order valence-electron chi connectivity index (χ1n) is 7.98. The Bertz CT molecular complexity index is 239. The first-order valence-corrected chi connectivity index (χ1v) is 9.10. The predicted octanol–water partition coefficient (Wildman–Crippen LogP) is 3.85. The maximum absolute atomic E-state index is 3.79. The van der Waals surface area contributed by atoms with Gasteiger partial charge in [-0.05, 0) is 51.2 Å². The van der Waals surface area contributed by atoms with Crippen LogP contribution >= 0.6 is 15.9 Å². The molecule has 1 unspecified atom stereocenters. The molecule has 0 aromatic heterocycles. The van der Waals surface area contributed by atoms with Crippen LogP contribution in [0.4, 0.5) is 0 Å². The van der Waals surface area contributed by atoms with E-state index in [-0.39, 0.29) is 0 Å². The van der Waals surface area contributed by atoms with Crippen LogP contribution in [-0.2, 0) is 0 Å². The molecule has 0 saturated carbocycles. The van der Waals surface area contributed by atoms with Gasteiger partial charge in [-0.3, -0.25) is 0 Å². The van der Waals surface area contributed by atoms with E-state index in [0.717, 1.165) is 11.2 Å². The number of hydrogen-bond acceptors (Lipinski definition) is 2. The van der Waals surface area contributed by atoms with E-state index in [2.05, 4.69) is 53.7 Å². The first-order chi connectivity index (χ1) is 9.05. The van der Waals surface area contributed by atoms with Crippen molar-refractivity contribution in [2.45, 2.75) is 46.0 Å². The Hall–Kier alpha value is 0.400. The molecule has 114 valence electrons. The second-order valence-electron chi connectivity index (χ2n) is 6.75. The van der Waals surface area contributed by atoms with E-state index >= 15 is 0 Å². The van der Waals surface area contributed by atoms with E-state index in [4.69, 9.17) is 0 Å². The van der Waals surface area contributed by atoms with Crippen molar-refractivity contribution in [1.29, 1.82) is 0 Å². The molecular formula is C16H33BrN2. The van der Waals surface area contributed by atoms with E-state index in [9.17, 15) is 0 Å². The minimum atomic E-state index is 0.489. The fraction of sp³-hybridized carbons (Fsp3) is 1.00. The van der Waals surface area contributed by atoms with Crippen molar-refractivity contribution >= 4 is 15.9 Å². The SMILES string of the molecule is CCCC(CBr)(CCC)CN(C)CC1CCN(C)C1. The highest BCUT2D eigenvalue weighted by molar-refractivity contribution is 9.09. The van der Waals surface area contributed by atoms with E-state index < -0.39 is 0 Å². The monoisotopic (exact) mass is 332 g/mol. The smallest absolute Gasteiger partial charge is 0.0100 e. The van der Waals surface area contributed by atoms with Gasteiger partial charge in [0, 0.05) is 25.0 Å². The summed E-state index contributed by atoms with van der Waals surface area (Å²) in [6.07, 6.45) is 6.67. The third kappa shape index (κ3) is 5.73. The van der Waals surface area contributed by atoms with Gasteiger partial charge in [-0.15, -0.1) is 0 Å². The van der Waals surface area contributed by atoms with Gasteiger partial charge < -0.3 is 9.80 Å². The molecule has 1 rings (SSSR count). The summed E-state index contributed by atoms with van der Waals surface area (Å²) in [6.45, 7) is 9.73. The minimum absolute atomic E-state index is 0.489. The van der Waals surface area contributed by atoms with Crippen LogP contribution in [0.15, 0.2) is 0 Å². The molecular weight excluding hydrogens is 300 g/mol. The molecule has 1 atom stereocenters. The zero-order valence-electron chi connectivity index (χ0n) is 13.4. The number of halogens is 1. The van der Waals surface area contributed by atoms with Gasteiger partial charge in [0.15, 0.2) is 0 Å². The summed E-state index contributed by atoms with van der Waals surface area (Å²) >= 11 is 3.79. The number of nitrogens with zero attached hydrogens (tertiary/aromatic N) is 2. The zero-order valence-corrected chi connectivity index (χ0v) is 15.0. The van der Waals surface area contributed by atoms with Gasteiger partial charge in [0.1, 0.15) is 0 Å². The summed E-state index contributed by atoms with van der Waals surface area (Å²) in [5, 5.41) is 1.15. The van der Waals surface area contributed by atoms with Crippen LogP contribution in [0.5, 0.6) is 0 Å². The summed E-state index contributed by atoms with van der Waals surface area (Å²) < 4.78 is 0. The van der Waals surface area contributed by atoms with Crippen molar-refractivity contribution in [2.75, 3.05) is 45.6 Å². The molecule has 2 nitrogen and oxygen atoms in total. The third-order valence-electron chi connectivity index (χ3n) is 4.51. The fourth-order valence-electron chi connectivity index (χ4n) is 3.77. The van der Waals surface area contributed by atoms with E-state index in [0.29, 0.717) is 5.41 Å². The molecule has 1 heterocycles. The van der Waals surface area contributed by atoms with Crippen LogP contribution in [0.1, 0.15) is 46.0 Å². The molecule has 1 aliphatic heterocycles. The van der Waals surface area contributed by atoms with Crippen LogP contribution < -0.4 is 0 Å². The largest absolute Gasteiger partial charge is 0.306 e. The highest BCUT2D eigenvalue weighted by Gasteiger charge is 2.30. The summed E-state index contributed by atoms with van der Waals surface area (Å²) in [5.74, 6) is 0.881. The first kappa shape index (κ1) is 17.5. The third-order valence-corrected chi connectivity index (χ3v) is 5.70. The van der Waals surface area contributed by atoms with E-state index in [1.807, 2.05) is 0 Å². The highest BCUT2D eigenvalue weighted by Crippen LogP contribution is 2.33. The molecule has 1 saturated heterocycles. The Kier molecular flexibility index (Phi) is 7.93. The van der Waals surface area contributed by atoms with Gasteiger partial charge in [-0.2, -0.15) is 0 Å². The van der Waals surface area contributed by atoms with Crippen molar-refractivity contribution in [3.05, 3.63) is 0 Å². The second kappa shape index (κ2) is 8.63. The van der Waals surface area contributed by atoms with Crippen molar-refractivity contribution in [1.82, 2.24) is 9.80 Å². The molecule has 3 heteroatoms. The van der Waals surface area contributed by atoms with Crippen LogP contribution in [-0.4, -0.2) is 55.4 Å². The molecule has 0 radical (unpaired) electrons. The molecule has 0 bridgehead atoms. The van der Waals surface area contributed by atoms with Crippen molar-refractivity contribution in [2.24, 2.45) is 11.3 Å². The maximum atomic E-state index is 3.79. The summed E-state index contributed by atoms with van der Waals surface area (Å²) in [5.41, 5.74) is 0.489.